The van der Waals surface area contributed by atoms with Gasteiger partial charge in [0, 0.05) is 24.3 Å². The van der Waals surface area contributed by atoms with Crippen molar-refractivity contribution in [2.45, 2.75) is 43.7 Å². The maximum Gasteiger partial charge on any atom is 0.407 e. The van der Waals surface area contributed by atoms with E-state index in [1.807, 2.05) is 24.3 Å². The number of benzene rings is 2. The number of terminal acetylenes is 1. The van der Waals surface area contributed by atoms with E-state index in [-0.39, 0.29) is 36.8 Å². The SMILES string of the molecule is C#CCC(NC(=O)[C@H]1CC[C@@H](NC(=O)OCC2c3ccccc3-c3ccccc32)C1)C(=O)O. The Hall–Kier alpha value is -3.79. The molecular formula is C26H26N2O5. The van der Waals surface area contributed by atoms with Gasteiger partial charge in [0.2, 0.25) is 5.91 Å². The Morgan fingerprint density at radius 3 is 2.30 bits per heavy atom. The zero-order valence-corrected chi connectivity index (χ0v) is 18.1. The van der Waals surface area contributed by atoms with E-state index in [2.05, 4.69) is 40.8 Å². The van der Waals surface area contributed by atoms with Crippen molar-refractivity contribution in [1.29, 1.82) is 0 Å². The molecule has 33 heavy (non-hydrogen) atoms. The first-order valence-corrected chi connectivity index (χ1v) is 11.1. The monoisotopic (exact) mass is 446 g/mol. The van der Waals surface area contributed by atoms with Crippen LogP contribution >= 0.6 is 0 Å². The molecule has 4 rings (SSSR count). The van der Waals surface area contributed by atoms with Crippen LogP contribution in [-0.4, -0.2) is 41.8 Å². The summed E-state index contributed by atoms with van der Waals surface area (Å²) >= 11 is 0. The fourth-order valence-electron chi connectivity index (χ4n) is 4.76. The van der Waals surface area contributed by atoms with Gasteiger partial charge < -0.3 is 20.5 Å². The highest BCUT2D eigenvalue weighted by molar-refractivity contribution is 5.85. The number of carbonyl (C=O) groups excluding carboxylic acids is 2. The molecule has 0 aromatic heterocycles. The van der Waals surface area contributed by atoms with E-state index in [1.54, 1.807) is 0 Å². The topological polar surface area (TPSA) is 105 Å². The third kappa shape index (κ3) is 4.85. The summed E-state index contributed by atoms with van der Waals surface area (Å²) < 4.78 is 5.57. The molecule has 7 nitrogen and oxygen atoms in total. The van der Waals surface area contributed by atoms with Gasteiger partial charge in [0.1, 0.15) is 12.6 Å². The lowest BCUT2D eigenvalue weighted by Crippen LogP contribution is -2.43. The van der Waals surface area contributed by atoms with Crippen LogP contribution in [0.3, 0.4) is 0 Å². The number of aliphatic carboxylic acids is 1. The highest BCUT2D eigenvalue weighted by atomic mass is 16.5. The molecule has 0 bridgehead atoms. The summed E-state index contributed by atoms with van der Waals surface area (Å²) in [6.45, 7) is 0.225. The molecule has 2 aromatic carbocycles. The Bertz CT molecular complexity index is 1060. The number of fused-ring (bicyclic) bond motifs is 3. The summed E-state index contributed by atoms with van der Waals surface area (Å²) in [7, 11) is 0. The van der Waals surface area contributed by atoms with Gasteiger partial charge in [-0.15, -0.1) is 12.3 Å². The average molecular weight is 447 g/mol. The highest BCUT2D eigenvalue weighted by Gasteiger charge is 2.34. The van der Waals surface area contributed by atoms with Crippen LogP contribution < -0.4 is 10.6 Å². The van der Waals surface area contributed by atoms with E-state index in [0.717, 1.165) is 22.3 Å². The summed E-state index contributed by atoms with van der Waals surface area (Å²) in [5.41, 5.74) is 4.61. The second-order valence-electron chi connectivity index (χ2n) is 8.48. The number of carbonyl (C=O) groups is 3. The van der Waals surface area contributed by atoms with Crippen molar-refractivity contribution in [2.75, 3.05) is 6.61 Å². The fraction of sp³-hybridized carbons (Fsp3) is 0.346. The molecule has 0 spiro atoms. The van der Waals surface area contributed by atoms with Crippen LogP contribution in [0.2, 0.25) is 0 Å². The second kappa shape index (κ2) is 9.78. The summed E-state index contributed by atoms with van der Waals surface area (Å²) in [5, 5.41) is 14.5. The molecule has 1 saturated carbocycles. The first-order valence-electron chi connectivity index (χ1n) is 11.1. The zero-order chi connectivity index (χ0) is 23.4. The number of rotatable bonds is 7. The van der Waals surface area contributed by atoms with E-state index < -0.39 is 18.1 Å². The number of hydrogen-bond donors (Lipinski definition) is 3. The van der Waals surface area contributed by atoms with Crippen LogP contribution in [0.15, 0.2) is 48.5 Å². The van der Waals surface area contributed by atoms with Crippen molar-refractivity contribution < 1.29 is 24.2 Å². The Balaban J connectivity index is 1.30. The molecule has 7 heteroatoms. The van der Waals surface area contributed by atoms with Crippen LogP contribution in [0.1, 0.15) is 42.7 Å². The predicted octanol–water partition coefficient (Wildman–Crippen LogP) is 3.29. The summed E-state index contributed by atoms with van der Waals surface area (Å²) in [6, 6.07) is 15.0. The minimum Gasteiger partial charge on any atom is -0.480 e. The Morgan fingerprint density at radius 2 is 1.70 bits per heavy atom. The number of ether oxygens (including phenoxy) is 1. The Morgan fingerprint density at radius 1 is 1.06 bits per heavy atom. The standard InChI is InChI=1S/C26H26N2O5/c1-2-7-23(25(30)31)28-24(29)16-12-13-17(14-16)27-26(32)33-15-22-20-10-5-3-8-18(20)19-9-4-6-11-21(19)22/h1,3-6,8-11,16-17,22-23H,7,12-15H2,(H,27,32)(H,28,29)(H,30,31)/t16-,17+,23?/m0/s1. The van der Waals surface area contributed by atoms with E-state index in [0.29, 0.717) is 19.3 Å². The van der Waals surface area contributed by atoms with Gasteiger partial charge >= 0.3 is 12.1 Å². The molecule has 0 heterocycles. The fourth-order valence-corrected chi connectivity index (χ4v) is 4.76. The number of nitrogens with one attached hydrogen (secondary N) is 2. The van der Waals surface area contributed by atoms with Crippen molar-refractivity contribution in [2.24, 2.45) is 5.92 Å². The quantitative estimate of drug-likeness (QED) is 0.566. The molecule has 170 valence electrons. The molecule has 0 radical (unpaired) electrons. The maximum absolute atomic E-state index is 12.5. The van der Waals surface area contributed by atoms with Crippen LogP contribution in [0.5, 0.6) is 0 Å². The van der Waals surface area contributed by atoms with Gasteiger partial charge in [0.25, 0.3) is 0 Å². The lowest BCUT2D eigenvalue weighted by molar-refractivity contribution is -0.142. The molecule has 3 atom stereocenters. The first-order chi connectivity index (χ1) is 16.0. The smallest absolute Gasteiger partial charge is 0.407 e. The Labute approximate surface area is 192 Å². The van der Waals surface area contributed by atoms with Gasteiger partial charge in [-0.25, -0.2) is 9.59 Å². The molecule has 2 aliphatic carbocycles. The summed E-state index contributed by atoms with van der Waals surface area (Å²) in [5.74, 6) is 0.358. The third-order valence-electron chi connectivity index (χ3n) is 6.41. The van der Waals surface area contributed by atoms with Crippen molar-refractivity contribution in [1.82, 2.24) is 10.6 Å². The summed E-state index contributed by atoms with van der Waals surface area (Å²) in [6.07, 6.45) is 6.19. The lowest BCUT2D eigenvalue weighted by atomic mass is 9.98. The van der Waals surface area contributed by atoms with Crippen LogP contribution in [-0.2, 0) is 14.3 Å². The van der Waals surface area contributed by atoms with Gasteiger partial charge in [-0.2, -0.15) is 0 Å². The molecule has 2 aliphatic rings. The minimum absolute atomic E-state index is 0.0191. The van der Waals surface area contributed by atoms with Gasteiger partial charge in [-0.05, 0) is 41.5 Å². The van der Waals surface area contributed by atoms with Crippen molar-refractivity contribution >= 4 is 18.0 Å². The van der Waals surface area contributed by atoms with Crippen molar-refractivity contribution in [3.63, 3.8) is 0 Å². The van der Waals surface area contributed by atoms with E-state index in [9.17, 15) is 14.4 Å². The first kappa shape index (κ1) is 22.4. The molecular weight excluding hydrogens is 420 g/mol. The average Bonchev–Trinajstić information content (AvgIpc) is 3.40. The molecule has 0 saturated heterocycles. The van der Waals surface area contributed by atoms with Gasteiger partial charge in [-0.1, -0.05) is 48.5 Å². The minimum atomic E-state index is -1.16. The molecule has 3 N–H and O–H groups in total. The lowest BCUT2D eigenvalue weighted by Gasteiger charge is -2.18. The predicted molar refractivity (Wildman–Crippen MR) is 122 cm³/mol. The largest absolute Gasteiger partial charge is 0.480 e. The normalized spacial score (nSPS) is 19.6. The number of amides is 2. The van der Waals surface area contributed by atoms with Crippen LogP contribution in [0, 0.1) is 18.3 Å². The summed E-state index contributed by atoms with van der Waals surface area (Å²) in [4.78, 5) is 36.1. The zero-order valence-electron chi connectivity index (χ0n) is 18.1. The van der Waals surface area contributed by atoms with Gasteiger partial charge in [0.15, 0.2) is 0 Å². The molecule has 2 aromatic rings. The number of hydrogen-bond acceptors (Lipinski definition) is 4. The number of carboxylic acids is 1. The van der Waals surface area contributed by atoms with Gasteiger partial charge in [0.05, 0.1) is 0 Å². The van der Waals surface area contributed by atoms with Crippen LogP contribution in [0.25, 0.3) is 11.1 Å². The maximum atomic E-state index is 12.5. The molecule has 2 amide bonds. The second-order valence-corrected chi connectivity index (χ2v) is 8.48. The van der Waals surface area contributed by atoms with Crippen LogP contribution in [0.4, 0.5) is 4.79 Å². The number of alkyl carbamates (subject to hydrolysis) is 1. The van der Waals surface area contributed by atoms with Crippen molar-refractivity contribution in [3.8, 4) is 23.5 Å². The Kier molecular flexibility index (Phi) is 6.64. The van der Waals surface area contributed by atoms with E-state index >= 15 is 0 Å². The molecule has 0 aliphatic heterocycles. The molecule has 1 unspecified atom stereocenters. The molecule has 1 fully saturated rings. The number of carboxylic acid groups (broad SMARTS) is 1. The van der Waals surface area contributed by atoms with Crippen molar-refractivity contribution in [3.05, 3.63) is 59.7 Å². The third-order valence-corrected chi connectivity index (χ3v) is 6.41. The highest BCUT2D eigenvalue weighted by Crippen LogP contribution is 2.44. The van der Waals surface area contributed by atoms with Gasteiger partial charge in [-0.3, -0.25) is 4.79 Å². The van der Waals surface area contributed by atoms with E-state index in [4.69, 9.17) is 16.3 Å². The van der Waals surface area contributed by atoms with E-state index in [1.165, 1.54) is 0 Å².